The van der Waals surface area contributed by atoms with Gasteiger partial charge in [0.15, 0.2) is 5.03 Å². The molecule has 1 aromatic rings. The molecule has 1 rings (SSSR count). The molecule has 0 aliphatic rings. The number of carbonyl (C=O) groups is 1. The van der Waals surface area contributed by atoms with Gasteiger partial charge in [-0.15, -0.1) is 0 Å². The summed E-state index contributed by atoms with van der Waals surface area (Å²) in [5.41, 5.74) is 0. The second kappa shape index (κ2) is 7.25. The first-order chi connectivity index (χ1) is 8.95. The number of H-pyrrole nitrogens is 1. The molecule has 0 bridgehead atoms. The largest absolute Gasteiger partial charge is 0.481 e. The Labute approximate surface area is 112 Å². The van der Waals surface area contributed by atoms with E-state index in [-0.39, 0.29) is 17.4 Å². The number of rotatable bonds is 9. The second-order valence-corrected chi connectivity index (χ2v) is 6.05. The van der Waals surface area contributed by atoms with Gasteiger partial charge in [0.1, 0.15) is 0 Å². The average molecular weight is 289 g/mol. The van der Waals surface area contributed by atoms with Gasteiger partial charge in [0.2, 0.25) is 0 Å². The van der Waals surface area contributed by atoms with Crippen molar-refractivity contribution in [2.75, 3.05) is 6.54 Å². The van der Waals surface area contributed by atoms with E-state index >= 15 is 0 Å². The van der Waals surface area contributed by atoms with Gasteiger partial charge in [-0.05, 0) is 24.8 Å². The highest BCUT2D eigenvalue weighted by atomic mass is 32.2. The molecule has 0 aliphatic heterocycles. The van der Waals surface area contributed by atoms with E-state index in [1.807, 2.05) is 6.92 Å². The van der Waals surface area contributed by atoms with Gasteiger partial charge in [-0.25, -0.2) is 13.1 Å². The Balaban J connectivity index is 2.38. The molecule has 0 spiro atoms. The topological polar surface area (TPSA) is 112 Å². The lowest BCUT2D eigenvalue weighted by Gasteiger charge is -2.13. The fraction of sp³-hybridized carbons (Fsp3) is 0.636. The second-order valence-electron chi connectivity index (χ2n) is 4.31. The van der Waals surface area contributed by atoms with E-state index in [4.69, 9.17) is 5.11 Å². The van der Waals surface area contributed by atoms with Crippen LogP contribution in [0.2, 0.25) is 0 Å². The van der Waals surface area contributed by atoms with Gasteiger partial charge in [-0.2, -0.15) is 5.10 Å². The maximum atomic E-state index is 11.8. The fourth-order valence-electron chi connectivity index (χ4n) is 1.75. The molecule has 3 N–H and O–H groups in total. The summed E-state index contributed by atoms with van der Waals surface area (Å²) in [4.78, 5) is 10.5. The third-order valence-corrected chi connectivity index (χ3v) is 4.34. The lowest BCUT2D eigenvalue weighted by atomic mass is 9.97. The number of aliphatic carboxylic acids is 1. The molecular weight excluding hydrogens is 270 g/mol. The van der Waals surface area contributed by atoms with Crippen molar-refractivity contribution in [2.45, 2.75) is 37.6 Å². The number of aromatic amines is 1. The van der Waals surface area contributed by atoms with Crippen molar-refractivity contribution >= 4 is 16.0 Å². The summed E-state index contributed by atoms with van der Waals surface area (Å²) in [5.74, 6) is -0.614. The molecular formula is C11H19N3O4S. The molecule has 0 fully saturated rings. The summed E-state index contributed by atoms with van der Waals surface area (Å²) in [5, 5.41) is 14.6. The summed E-state index contributed by atoms with van der Waals surface area (Å²) >= 11 is 0. The van der Waals surface area contributed by atoms with Gasteiger partial charge in [0.25, 0.3) is 10.0 Å². The smallest absolute Gasteiger partial charge is 0.303 e. The zero-order chi connectivity index (χ0) is 14.3. The van der Waals surface area contributed by atoms with Crippen LogP contribution in [0.25, 0.3) is 0 Å². The lowest BCUT2D eigenvalue weighted by molar-refractivity contribution is -0.137. The number of carboxylic acid groups (broad SMARTS) is 1. The number of aromatic nitrogens is 2. The van der Waals surface area contributed by atoms with Gasteiger partial charge >= 0.3 is 5.97 Å². The van der Waals surface area contributed by atoms with E-state index in [0.717, 1.165) is 6.42 Å². The molecule has 0 radical (unpaired) electrons. The van der Waals surface area contributed by atoms with Crippen LogP contribution in [0.4, 0.5) is 0 Å². The summed E-state index contributed by atoms with van der Waals surface area (Å²) in [7, 11) is -3.54. The Bertz CT molecular complexity index is 484. The molecule has 0 aliphatic carbocycles. The summed E-state index contributed by atoms with van der Waals surface area (Å²) in [6.45, 7) is 2.26. The number of hydrogen-bond donors (Lipinski definition) is 3. The van der Waals surface area contributed by atoms with Crippen LogP contribution in [-0.4, -0.2) is 36.2 Å². The summed E-state index contributed by atoms with van der Waals surface area (Å²) in [6.07, 6.45) is 3.51. The number of sulfonamides is 1. The highest BCUT2D eigenvalue weighted by Crippen LogP contribution is 2.15. The van der Waals surface area contributed by atoms with E-state index in [1.54, 1.807) is 0 Å². The van der Waals surface area contributed by atoms with Crippen LogP contribution in [0.5, 0.6) is 0 Å². The minimum atomic E-state index is -3.54. The lowest BCUT2D eigenvalue weighted by Crippen LogP contribution is -2.26. The first-order valence-electron chi connectivity index (χ1n) is 6.16. The standard InChI is InChI=1S/C11H19N3O4S/c1-2-9(3-4-11(15)16)5-8-13-19(17,18)10-6-7-12-14-10/h6-7,9,13H,2-5,8H2,1H3,(H,12,14)(H,15,16). The van der Waals surface area contributed by atoms with Gasteiger partial charge in [0.05, 0.1) is 6.20 Å². The van der Waals surface area contributed by atoms with Crippen LogP contribution in [0.3, 0.4) is 0 Å². The zero-order valence-corrected chi connectivity index (χ0v) is 11.6. The number of nitrogens with one attached hydrogen (secondary N) is 2. The SMILES string of the molecule is CCC(CCNS(=O)(=O)c1ccn[nH]1)CCC(=O)O. The van der Waals surface area contributed by atoms with Crippen LogP contribution in [0.15, 0.2) is 17.3 Å². The molecule has 0 amide bonds. The van der Waals surface area contributed by atoms with Crippen LogP contribution in [0, 0.1) is 5.92 Å². The molecule has 19 heavy (non-hydrogen) atoms. The number of carboxylic acids is 1. The van der Waals surface area contributed by atoms with Crippen LogP contribution in [0.1, 0.15) is 32.6 Å². The Kier molecular flexibility index (Phi) is 5.97. The Morgan fingerprint density at radius 1 is 1.53 bits per heavy atom. The minimum Gasteiger partial charge on any atom is -0.481 e. The van der Waals surface area contributed by atoms with Gasteiger partial charge < -0.3 is 5.11 Å². The number of nitrogens with zero attached hydrogens (tertiary/aromatic N) is 1. The highest BCUT2D eigenvalue weighted by molar-refractivity contribution is 7.89. The zero-order valence-electron chi connectivity index (χ0n) is 10.8. The molecule has 1 unspecified atom stereocenters. The summed E-state index contributed by atoms with van der Waals surface area (Å²) in [6, 6.07) is 1.38. The third kappa shape index (κ3) is 5.39. The van der Waals surface area contributed by atoms with Crippen molar-refractivity contribution in [1.29, 1.82) is 0 Å². The molecule has 1 heterocycles. The molecule has 0 saturated heterocycles. The van der Waals surface area contributed by atoms with Crippen molar-refractivity contribution in [3.05, 3.63) is 12.3 Å². The van der Waals surface area contributed by atoms with Crippen molar-refractivity contribution < 1.29 is 18.3 Å². The predicted molar refractivity (Wildman–Crippen MR) is 69.0 cm³/mol. The van der Waals surface area contributed by atoms with Gasteiger partial charge in [-0.3, -0.25) is 9.89 Å². The normalized spacial score (nSPS) is 13.3. The first kappa shape index (κ1) is 15.6. The molecule has 7 nitrogen and oxygen atoms in total. The van der Waals surface area contributed by atoms with Crippen molar-refractivity contribution in [2.24, 2.45) is 5.92 Å². The van der Waals surface area contributed by atoms with E-state index in [9.17, 15) is 13.2 Å². The van der Waals surface area contributed by atoms with Gasteiger partial charge in [0, 0.05) is 13.0 Å². The van der Waals surface area contributed by atoms with Crippen molar-refractivity contribution in [1.82, 2.24) is 14.9 Å². The monoisotopic (exact) mass is 289 g/mol. The van der Waals surface area contributed by atoms with Gasteiger partial charge in [-0.1, -0.05) is 13.3 Å². The molecule has 0 aromatic carbocycles. The Hall–Kier alpha value is -1.41. The first-order valence-corrected chi connectivity index (χ1v) is 7.65. The van der Waals surface area contributed by atoms with Crippen LogP contribution in [-0.2, 0) is 14.8 Å². The quantitative estimate of drug-likeness (QED) is 0.627. The average Bonchev–Trinajstić information content (AvgIpc) is 2.87. The molecule has 1 atom stereocenters. The van der Waals surface area contributed by atoms with E-state index in [1.165, 1.54) is 12.3 Å². The molecule has 8 heteroatoms. The van der Waals surface area contributed by atoms with Crippen LogP contribution >= 0.6 is 0 Å². The van der Waals surface area contributed by atoms with E-state index < -0.39 is 16.0 Å². The summed E-state index contributed by atoms with van der Waals surface area (Å²) < 4.78 is 26.0. The van der Waals surface area contributed by atoms with E-state index in [2.05, 4.69) is 14.9 Å². The molecule has 1 aromatic heterocycles. The van der Waals surface area contributed by atoms with E-state index in [0.29, 0.717) is 19.4 Å². The Morgan fingerprint density at radius 3 is 2.79 bits per heavy atom. The maximum absolute atomic E-state index is 11.8. The predicted octanol–water partition coefficient (Wildman–Crippen LogP) is 0.969. The fourth-order valence-corrected chi connectivity index (χ4v) is 2.70. The van der Waals surface area contributed by atoms with Crippen LogP contribution < -0.4 is 4.72 Å². The molecule has 108 valence electrons. The van der Waals surface area contributed by atoms with Crippen molar-refractivity contribution in [3.8, 4) is 0 Å². The van der Waals surface area contributed by atoms with Crippen molar-refractivity contribution in [3.63, 3.8) is 0 Å². The third-order valence-electron chi connectivity index (χ3n) is 2.95. The highest BCUT2D eigenvalue weighted by Gasteiger charge is 2.16. The Morgan fingerprint density at radius 2 is 2.26 bits per heavy atom. The minimum absolute atomic E-state index is 0.0334. The number of hydrogen-bond acceptors (Lipinski definition) is 4. The maximum Gasteiger partial charge on any atom is 0.303 e. The molecule has 0 saturated carbocycles.